The van der Waals surface area contributed by atoms with E-state index in [-0.39, 0.29) is 0 Å². The molecule has 0 heterocycles. The third-order valence-corrected chi connectivity index (χ3v) is 4.99. The van der Waals surface area contributed by atoms with Gasteiger partial charge >= 0.3 is 5.97 Å². The van der Waals surface area contributed by atoms with Crippen LogP contribution in [0.25, 0.3) is 0 Å². The Labute approximate surface area is 128 Å². The molecule has 2 aliphatic rings. The average molecular weight is 297 g/mol. The molecule has 5 nitrogen and oxygen atoms in total. The first-order valence-electron chi connectivity index (χ1n) is 8.29. The molecule has 0 bridgehead atoms. The van der Waals surface area contributed by atoms with Gasteiger partial charge in [-0.3, -0.25) is 15.0 Å². The topological polar surface area (TPSA) is 55.8 Å². The van der Waals surface area contributed by atoms with Crippen molar-refractivity contribution in [2.24, 2.45) is 0 Å². The Balaban J connectivity index is 2.01. The molecule has 0 aromatic carbocycles. The second-order valence-electron chi connectivity index (χ2n) is 7.14. The van der Waals surface area contributed by atoms with E-state index in [4.69, 9.17) is 0 Å². The van der Waals surface area contributed by atoms with Gasteiger partial charge in [-0.15, -0.1) is 0 Å². The molecule has 5 heteroatoms. The second kappa shape index (κ2) is 6.63. The van der Waals surface area contributed by atoms with Crippen LogP contribution in [-0.2, 0) is 4.79 Å². The van der Waals surface area contributed by atoms with Crippen LogP contribution in [0, 0.1) is 0 Å². The van der Waals surface area contributed by atoms with Gasteiger partial charge in [0.1, 0.15) is 5.54 Å². The molecule has 2 rings (SSSR count). The normalized spacial score (nSPS) is 31.0. The highest BCUT2D eigenvalue weighted by Gasteiger charge is 2.49. The van der Waals surface area contributed by atoms with Gasteiger partial charge in [0, 0.05) is 24.7 Å². The quantitative estimate of drug-likeness (QED) is 0.709. The lowest BCUT2D eigenvalue weighted by atomic mass is 9.96. The molecule has 2 aliphatic carbocycles. The van der Waals surface area contributed by atoms with Crippen LogP contribution in [0.1, 0.15) is 46.0 Å². The Kier molecular flexibility index (Phi) is 5.28. The number of carboxylic acids is 1. The van der Waals surface area contributed by atoms with Crippen LogP contribution in [0.15, 0.2) is 0 Å². The maximum absolute atomic E-state index is 11.8. The van der Waals surface area contributed by atoms with Crippen molar-refractivity contribution in [1.29, 1.82) is 0 Å². The predicted molar refractivity (Wildman–Crippen MR) is 84.6 cm³/mol. The van der Waals surface area contributed by atoms with Crippen molar-refractivity contribution in [3.63, 3.8) is 0 Å². The molecular weight excluding hydrogens is 266 g/mol. The van der Waals surface area contributed by atoms with Gasteiger partial charge in [0.2, 0.25) is 0 Å². The van der Waals surface area contributed by atoms with E-state index in [2.05, 4.69) is 43.1 Å². The summed E-state index contributed by atoms with van der Waals surface area (Å²) in [6.45, 7) is 6.43. The van der Waals surface area contributed by atoms with Crippen molar-refractivity contribution in [1.82, 2.24) is 15.1 Å². The molecule has 0 aliphatic heterocycles. The molecule has 0 radical (unpaired) electrons. The molecule has 122 valence electrons. The summed E-state index contributed by atoms with van der Waals surface area (Å²) in [6.07, 6.45) is 4.75. The molecule has 3 atom stereocenters. The molecule has 0 spiro atoms. The van der Waals surface area contributed by atoms with E-state index in [0.29, 0.717) is 18.1 Å². The Hall–Kier alpha value is -0.650. The zero-order valence-corrected chi connectivity index (χ0v) is 13.9. The zero-order chi connectivity index (χ0) is 15.6. The monoisotopic (exact) mass is 297 g/mol. The zero-order valence-electron chi connectivity index (χ0n) is 13.9. The maximum Gasteiger partial charge on any atom is 0.323 e. The van der Waals surface area contributed by atoms with E-state index in [9.17, 15) is 9.90 Å². The largest absolute Gasteiger partial charge is 0.480 e. The van der Waals surface area contributed by atoms with E-state index in [1.807, 2.05) is 0 Å². The smallest absolute Gasteiger partial charge is 0.323 e. The Morgan fingerprint density at radius 2 is 2.05 bits per heavy atom. The minimum atomic E-state index is -0.683. The Morgan fingerprint density at radius 3 is 2.52 bits per heavy atom. The molecule has 2 saturated carbocycles. The van der Waals surface area contributed by atoms with E-state index in [1.165, 1.54) is 0 Å². The van der Waals surface area contributed by atoms with Gasteiger partial charge in [-0.25, -0.2) is 0 Å². The number of hydrogen-bond donors (Lipinski definition) is 2. The lowest BCUT2D eigenvalue weighted by molar-refractivity contribution is -0.145. The number of carbonyl (C=O) groups is 1. The molecule has 2 fully saturated rings. The third kappa shape index (κ3) is 3.96. The lowest BCUT2D eigenvalue weighted by Gasteiger charge is -2.36. The highest BCUT2D eigenvalue weighted by molar-refractivity contribution is 5.79. The van der Waals surface area contributed by atoms with E-state index < -0.39 is 11.5 Å². The number of nitrogens with zero attached hydrogens (tertiary/aromatic N) is 2. The average Bonchev–Trinajstić information content (AvgIpc) is 3.08. The Morgan fingerprint density at radius 1 is 1.38 bits per heavy atom. The van der Waals surface area contributed by atoms with Crippen molar-refractivity contribution < 1.29 is 9.90 Å². The fourth-order valence-electron chi connectivity index (χ4n) is 3.87. The molecule has 21 heavy (non-hydrogen) atoms. The third-order valence-electron chi connectivity index (χ3n) is 4.99. The van der Waals surface area contributed by atoms with Gasteiger partial charge in [0.05, 0.1) is 0 Å². The van der Waals surface area contributed by atoms with Crippen LogP contribution in [0.5, 0.6) is 0 Å². The summed E-state index contributed by atoms with van der Waals surface area (Å²) in [5.41, 5.74) is -0.683. The molecular formula is C16H31N3O2. The number of likely N-dealkylation sites (N-methyl/N-ethyl adjacent to an activating group) is 2. The fourth-order valence-corrected chi connectivity index (χ4v) is 3.87. The maximum atomic E-state index is 11.8. The first kappa shape index (κ1) is 16.7. The summed E-state index contributed by atoms with van der Waals surface area (Å²) in [6, 6.07) is 1.28. The minimum Gasteiger partial charge on any atom is -0.480 e. The number of hydrogen-bond acceptors (Lipinski definition) is 4. The van der Waals surface area contributed by atoms with E-state index >= 15 is 0 Å². The van der Waals surface area contributed by atoms with Crippen molar-refractivity contribution in [3.8, 4) is 0 Å². The molecule has 2 N–H and O–H groups in total. The van der Waals surface area contributed by atoms with Gasteiger partial charge < -0.3 is 10.0 Å². The molecule has 3 unspecified atom stereocenters. The summed E-state index contributed by atoms with van der Waals surface area (Å²) in [5, 5.41) is 13.1. The summed E-state index contributed by atoms with van der Waals surface area (Å²) >= 11 is 0. The van der Waals surface area contributed by atoms with Gasteiger partial charge in [-0.2, -0.15) is 0 Å². The highest BCUT2D eigenvalue weighted by Crippen LogP contribution is 2.37. The van der Waals surface area contributed by atoms with Crippen molar-refractivity contribution in [3.05, 3.63) is 0 Å². The molecule has 0 amide bonds. The van der Waals surface area contributed by atoms with Crippen LogP contribution in [0.2, 0.25) is 0 Å². The summed E-state index contributed by atoms with van der Waals surface area (Å²) < 4.78 is 0. The highest BCUT2D eigenvalue weighted by atomic mass is 16.4. The van der Waals surface area contributed by atoms with Crippen LogP contribution in [0.3, 0.4) is 0 Å². The number of nitrogens with one attached hydrogen (secondary N) is 1. The number of rotatable bonds is 8. The van der Waals surface area contributed by atoms with Crippen LogP contribution in [0.4, 0.5) is 0 Å². The summed E-state index contributed by atoms with van der Waals surface area (Å²) in [4.78, 5) is 16.5. The van der Waals surface area contributed by atoms with Crippen LogP contribution < -0.4 is 5.32 Å². The van der Waals surface area contributed by atoms with E-state index in [0.717, 1.165) is 45.2 Å². The molecule has 0 saturated heterocycles. The van der Waals surface area contributed by atoms with Crippen LogP contribution in [-0.4, -0.2) is 71.7 Å². The van der Waals surface area contributed by atoms with Crippen molar-refractivity contribution in [2.45, 2.75) is 69.6 Å². The van der Waals surface area contributed by atoms with Crippen molar-refractivity contribution in [2.75, 3.05) is 27.2 Å². The second-order valence-corrected chi connectivity index (χ2v) is 7.14. The fraction of sp³-hybridized carbons (Fsp3) is 0.938. The SMILES string of the molecule is CCN(C(C)CN(C)C)C1CCC(NC2CC2)(C(=O)O)C1. The standard InChI is InChI=1S/C16H31N3O2/c1-5-19(12(2)11-18(3)4)14-8-9-16(10-14,15(20)21)17-13-6-7-13/h12-14,17H,5-11H2,1-4H3,(H,20,21). The summed E-state index contributed by atoms with van der Waals surface area (Å²) in [7, 11) is 4.18. The first-order chi connectivity index (χ1) is 9.88. The van der Waals surface area contributed by atoms with Crippen molar-refractivity contribution >= 4 is 5.97 Å². The Bertz CT molecular complexity index is 371. The first-order valence-corrected chi connectivity index (χ1v) is 8.29. The lowest BCUT2D eigenvalue weighted by Crippen LogP contribution is -2.53. The number of aliphatic carboxylic acids is 1. The number of carboxylic acid groups (broad SMARTS) is 1. The predicted octanol–water partition coefficient (Wildman–Crippen LogP) is 1.39. The van der Waals surface area contributed by atoms with Gasteiger partial charge in [0.15, 0.2) is 0 Å². The van der Waals surface area contributed by atoms with E-state index in [1.54, 1.807) is 0 Å². The molecule has 0 aromatic heterocycles. The minimum absolute atomic E-state index is 0.382. The summed E-state index contributed by atoms with van der Waals surface area (Å²) in [5.74, 6) is -0.659. The van der Waals surface area contributed by atoms with Gasteiger partial charge in [-0.1, -0.05) is 6.92 Å². The van der Waals surface area contributed by atoms with Crippen LogP contribution >= 0.6 is 0 Å². The molecule has 0 aromatic rings. The van der Waals surface area contributed by atoms with Gasteiger partial charge in [0.25, 0.3) is 0 Å². The van der Waals surface area contributed by atoms with Gasteiger partial charge in [-0.05, 0) is 59.7 Å².